The van der Waals surface area contributed by atoms with Gasteiger partial charge in [0.05, 0.1) is 0 Å². The maximum Gasteiger partial charge on any atom is 0.389 e. The van der Waals surface area contributed by atoms with E-state index in [-0.39, 0.29) is 0 Å². The average molecular weight is 703 g/mol. The van der Waals surface area contributed by atoms with Gasteiger partial charge in [-0.15, -0.1) is 6.58 Å². The van der Waals surface area contributed by atoms with Crippen LogP contribution in [0.3, 0.4) is 0 Å². The van der Waals surface area contributed by atoms with E-state index >= 15 is 0 Å². The van der Waals surface area contributed by atoms with Gasteiger partial charge in [0, 0.05) is 0 Å². The fraction of sp³-hybridized carbons (Fsp3) is 0.375. The third-order valence-electron chi connectivity index (χ3n) is 7.26. The molecule has 0 fully saturated rings. The maximum absolute atomic E-state index is 7.77. The van der Waals surface area contributed by atoms with E-state index in [2.05, 4.69) is 144 Å². The van der Waals surface area contributed by atoms with Gasteiger partial charge in [0.15, 0.2) is 16.6 Å². The molecule has 4 nitrogen and oxygen atoms in total. The molecule has 3 rings (SSSR count). The zero-order valence-electron chi connectivity index (χ0n) is 26.7. The Bertz CT molecular complexity index is 1230. The van der Waals surface area contributed by atoms with Gasteiger partial charge in [-0.2, -0.15) is 25.3 Å². The molecule has 0 amide bonds. The molecular weight excluding hydrogens is 653 g/mol. The molecule has 0 heterocycles. The molecule has 0 saturated carbocycles. The Labute approximate surface area is 277 Å². The van der Waals surface area contributed by atoms with Gasteiger partial charge in [0.2, 0.25) is 0 Å². The molecule has 0 radical (unpaired) electrons. The van der Waals surface area contributed by atoms with Crippen molar-refractivity contribution in [1.82, 2.24) is 0 Å². The van der Waals surface area contributed by atoms with Gasteiger partial charge in [-0.1, -0.05) is 91.0 Å². The summed E-state index contributed by atoms with van der Waals surface area (Å²) in [6.07, 6.45) is 2.03. The van der Waals surface area contributed by atoms with E-state index in [9.17, 15) is 0 Å². The summed E-state index contributed by atoms with van der Waals surface area (Å²) < 4.78 is 29.7. The molecule has 0 aromatic heterocycles. The lowest BCUT2D eigenvalue weighted by atomic mass is 10.4. The highest BCUT2D eigenvalue weighted by Gasteiger charge is 2.56. The van der Waals surface area contributed by atoms with Crippen LogP contribution in [0.2, 0.25) is 51.4 Å². The first-order chi connectivity index (χ1) is 20.3. The third-order valence-corrected chi connectivity index (χ3v) is 28.0. The second-order valence-electron chi connectivity index (χ2n) is 12.6. The summed E-state index contributed by atoms with van der Waals surface area (Å²) >= 11 is 8.98. The molecule has 3 aromatic carbocycles. The third kappa shape index (κ3) is 10.3. The van der Waals surface area contributed by atoms with Crippen LogP contribution in [0.25, 0.3) is 0 Å². The lowest BCUT2D eigenvalue weighted by molar-refractivity contribution is 0.315. The minimum absolute atomic E-state index is 0.828. The zero-order chi connectivity index (χ0) is 31.6. The van der Waals surface area contributed by atoms with Crippen LogP contribution in [0.4, 0.5) is 0 Å². The zero-order valence-corrected chi connectivity index (χ0v) is 33.5. The van der Waals surface area contributed by atoms with Crippen LogP contribution in [-0.4, -0.2) is 53.8 Å². The summed E-state index contributed by atoms with van der Waals surface area (Å²) in [6.45, 7) is 17.9. The van der Waals surface area contributed by atoms with Crippen LogP contribution in [0.5, 0.6) is 0 Å². The van der Waals surface area contributed by atoms with Crippen molar-refractivity contribution in [3.05, 3.63) is 103 Å². The van der Waals surface area contributed by atoms with Gasteiger partial charge in [0.1, 0.15) is 0 Å². The minimum atomic E-state index is -3.47. The molecule has 3 aromatic rings. The standard InChI is InChI=1S/C32H50O4S2Si5/c1-8-42(30-20-12-9-13-21-30,34-40(4,5)29-19-27-38)36-43(31-22-14-10-15-23-31,32-24-16-11-17-25-32)35-41(6,7)33-39(2,3)28-18-26-37/h8-17,20-25,37-38H,1,18-19,26-29H2,2-7H3. The summed E-state index contributed by atoms with van der Waals surface area (Å²) in [6, 6.07) is 33.3. The molecule has 1 atom stereocenters. The molecule has 11 heteroatoms. The summed E-state index contributed by atoms with van der Waals surface area (Å²) in [4.78, 5) is 0. The summed E-state index contributed by atoms with van der Waals surface area (Å²) in [5, 5.41) is 3.11. The molecule has 0 N–H and O–H groups in total. The first-order valence-corrected chi connectivity index (χ1v) is 29.2. The molecule has 0 aliphatic carbocycles. The molecule has 0 aliphatic rings. The Morgan fingerprint density at radius 1 is 0.558 bits per heavy atom. The van der Waals surface area contributed by atoms with E-state index in [1.54, 1.807) is 0 Å². The quantitative estimate of drug-likeness (QED) is 0.109. The first kappa shape index (κ1) is 36.5. The van der Waals surface area contributed by atoms with Crippen LogP contribution in [0.15, 0.2) is 103 Å². The van der Waals surface area contributed by atoms with Crippen molar-refractivity contribution in [3.8, 4) is 0 Å². The normalized spacial score (nSPS) is 14.3. The van der Waals surface area contributed by atoms with Crippen LogP contribution < -0.4 is 15.6 Å². The molecule has 0 bridgehead atoms. The summed E-state index contributed by atoms with van der Waals surface area (Å²) in [5.74, 6) is 1.68. The highest BCUT2D eigenvalue weighted by Crippen LogP contribution is 2.30. The number of rotatable bonds is 18. The van der Waals surface area contributed by atoms with Crippen molar-refractivity contribution < 1.29 is 16.5 Å². The topological polar surface area (TPSA) is 36.9 Å². The number of thiol groups is 2. The van der Waals surface area contributed by atoms with Crippen LogP contribution >= 0.6 is 25.3 Å². The highest BCUT2D eigenvalue weighted by molar-refractivity contribution is 7.80. The van der Waals surface area contributed by atoms with Crippen molar-refractivity contribution in [2.24, 2.45) is 0 Å². The van der Waals surface area contributed by atoms with Crippen molar-refractivity contribution in [3.63, 3.8) is 0 Å². The van der Waals surface area contributed by atoms with Gasteiger partial charge < -0.3 is 16.5 Å². The Morgan fingerprint density at radius 3 is 1.35 bits per heavy atom. The molecule has 43 heavy (non-hydrogen) atoms. The summed E-state index contributed by atoms with van der Waals surface area (Å²) in [7, 11) is -13.8. The Balaban J connectivity index is 2.28. The van der Waals surface area contributed by atoms with E-state index in [4.69, 9.17) is 16.5 Å². The Hall–Kier alpha value is -0.976. The van der Waals surface area contributed by atoms with Crippen LogP contribution in [-0.2, 0) is 16.5 Å². The number of hydrogen-bond acceptors (Lipinski definition) is 6. The van der Waals surface area contributed by atoms with E-state index in [0.717, 1.165) is 52.0 Å². The fourth-order valence-corrected chi connectivity index (χ4v) is 30.0. The van der Waals surface area contributed by atoms with Gasteiger partial charge >= 0.3 is 25.7 Å². The van der Waals surface area contributed by atoms with Gasteiger partial charge in [-0.3, -0.25) is 0 Å². The average Bonchev–Trinajstić information content (AvgIpc) is 2.99. The molecule has 0 aliphatic heterocycles. The summed E-state index contributed by atoms with van der Waals surface area (Å²) in [5.41, 5.74) is 1.97. The predicted octanol–water partition coefficient (Wildman–Crippen LogP) is 7.14. The second kappa shape index (κ2) is 16.0. The largest absolute Gasteiger partial charge is 0.436 e. The Morgan fingerprint density at radius 2 is 0.953 bits per heavy atom. The molecular formula is C32H50O4S2Si5. The van der Waals surface area contributed by atoms with Crippen molar-refractivity contribution in [2.45, 2.75) is 64.2 Å². The van der Waals surface area contributed by atoms with Crippen LogP contribution in [0.1, 0.15) is 12.8 Å². The van der Waals surface area contributed by atoms with Gasteiger partial charge in [-0.05, 0) is 97.0 Å². The molecule has 234 valence electrons. The monoisotopic (exact) mass is 702 g/mol. The predicted molar refractivity (Wildman–Crippen MR) is 203 cm³/mol. The first-order valence-electron chi connectivity index (χ1n) is 15.2. The van der Waals surface area contributed by atoms with Crippen LogP contribution in [0, 0.1) is 0 Å². The fourth-order valence-electron chi connectivity index (χ4n) is 5.52. The highest BCUT2D eigenvalue weighted by atomic mass is 32.1. The van der Waals surface area contributed by atoms with E-state index in [0.29, 0.717) is 0 Å². The SMILES string of the molecule is C=C[Si](O[Si](C)(C)CCCS)(O[Si](O[Si](C)(C)O[Si](C)(C)CCCS)(c1ccccc1)c1ccccc1)c1ccccc1. The molecule has 0 saturated heterocycles. The smallest absolute Gasteiger partial charge is 0.389 e. The number of benzene rings is 3. The van der Waals surface area contributed by atoms with E-state index in [1.807, 2.05) is 23.9 Å². The number of hydrogen-bond donors (Lipinski definition) is 2. The van der Waals surface area contributed by atoms with Gasteiger partial charge in [-0.25, -0.2) is 0 Å². The maximum atomic E-state index is 7.77. The Kier molecular flexibility index (Phi) is 13.6. The molecule has 1 unspecified atom stereocenters. The minimum Gasteiger partial charge on any atom is -0.436 e. The van der Waals surface area contributed by atoms with Crippen molar-refractivity contribution in [1.29, 1.82) is 0 Å². The van der Waals surface area contributed by atoms with Crippen molar-refractivity contribution >= 4 is 83.1 Å². The lowest BCUT2D eigenvalue weighted by Crippen LogP contribution is -2.75. The second-order valence-corrected chi connectivity index (χ2v) is 32.3. The van der Waals surface area contributed by atoms with Gasteiger partial charge in [0.25, 0.3) is 0 Å². The van der Waals surface area contributed by atoms with E-state index < -0.39 is 42.3 Å². The lowest BCUT2D eigenvalue weighted by Gasteiger charge is -2.46. The van der Waals surface area contributed by atoms with Crippen molar-refractivity contribution in [2.75, 3.05) is 11.5 Å². The molecule has 0 spiro atoms. The van der Waals surface area contributed by atoms with E-state index in [1.165, 1.54) is 0 Å².